The Morgan fingerprint density at radius 1 is 1.19 bits per heavy atom. The number of rotatable bonds is 3. The van der Waals surface area contributed by atoms with Crippen molar-refractivity contribution in [2.75, 3.05) is 13.2 Å². The van der Waals surface area contributed by atoms with Crippen molar-refractivity contribution in [2.45, 2.75) is 12.3 Å². The Balaban J connectivity index is 1.74. The molecule has 3 heterocycles. The number of hydrogen-bond acceptors (Lipinski definition) is 5. The quantitative estimate of drug-likeness (QED) is 0.738. The van der Waals surface area contributed by atoms with E-state index < -0.39 is 0 Å². The number of aromatic nitrogens is 4. The molecule has 0 unspecified atom stereocenters. The maximum atomic E-state index is 5.44. The van der Waals surface area contributed by atoms with Crippen molar-refractivity contribution in [3.63, 3.8) is 0 Å². The van der Waals surface area contributed by atoms with Crippen molar-refractivity contribution in [1.29, 1.82) is 0 Å². The van der Waals surface area contributed by atoms with Gasteiger partial charge in [0, 0.05) is 24.9 Å². The van der Waals surface area contributed by atoms with E-state index in [1.807, 2.05) is 36.5 Å². The summed E-state index contributed by atoms with van der Waals surface area (Å²) in [7, 11) is 0. The number of hydrogen-bond donors (Lipinski definition) is 0. The smallest absolute Gasteiger partial charge is 0.260 e. The third kappa shape index (κ3) is 2.23. The molecule has 1 atom stereocenters. The molecule has 0 saturated carbocycles. The van der Waals surface area contributed by atoms with E-state index in [1.165, 1.54) is 0 Å². The van der Waals surface area contributed by atoms with Crippen LogP contribution in [0.2, 0.25) is 0 Å². The van der Waals surface area contributed by atoms with Gasteiger partial charge in [0.05, 0.1) is 17.9 Å². The van der Waals surface area contributed by atoms with E-state index >= 15 is 0 Å². The average molecular weight is 282 g/mol. The highest BCUT2D eigenvalue weighted by Gasteiger charge is 2.24. The lowest BCUT2D eigenvalue weighted by Crippen LogP contribution is -2.00. The predicted octanol–water partition coefficient (Wildman–Crippen LogP) is 2.43. The van der Waals surface area contributed by atoms with Crippen LogP contribution in [0, 0.1) is 0 Å². The van der Waals surface area contributed by atoms with Crippen LogP contribution in [0.3, 0.4) is 0 Å². The van der Waals surface area contributed by atoms with Crippen LogP contribution in [0.4, 0.5) is 0 Å². The van der Waals surface area contributed by atoms with E-state index in [4.69, 9.17) is 9.26 Å². The van der Waals surface area contributed by atoms with Gasteiger partial charge in [-0.05, 0) is 24.6 Å². The van der Waals surface area contributed by atoms with E-state index in [0.717, 1.165) is 30.1 Å². The lowest BCUT2D eigenvalue weighted by molar-refractivity contribution is 0.192. The first-order valence-corrected chi connectivity index (χ1v) is 6.92. The molecule has 4 rings (SSSR count). The van der Waals surface area contributed by atoms with Crippen LogP contribution in [-0.4, -0.2) is 33.1 Å². The Morgan fingerprint density at radius 3 is 2.95 bits per heavy atom. The van der Waals surface area contributed by atoms with Crippen molar-refractivity contribution in [1.82, 2.24) is 19.9 Å². The molecule has 3 aromatic rings. The second-order valence-corrected chi connectivity index (χ2v) is 4.99. The lowest BCUT2D eigenvalue weighted by atomic mass is 10.1. The number of nitrogens with zero attached hydrogens (tertiary/aromatic N) is 4. The highest BCUT2D eigenvalue weighted by atomic mass is 16.5. The average Bonchev–Trinajstić information content (AvgIpc) is 3.27. The zero-order valence-electron chi connectivity index (χ0n) is 11.3. The SMILES string of the molecule is c1ccc(-n2cccn2)c(-c2nc([C@H]3CCOC3)no2)c1. The second kappa shape index (κ2) is 5.14. The fourth-order valence-electron chi connectivity index (χ4n) is 2.51. The minimum Gasteiger partial charge on any atom is -0.381 e. The molecule has 1 aliphatic heterocycles. The summed E-state index contributed by atoms with van der Waals surface area (Å²) >= 11 is 0. The largest absolute Gasteiger partial charge is 0.381 e. The first-order chi connectivity index (χ1) is 10.4. The third-order valence-electron chi connectivity index (χ3n) is 3.62. The lowest BCUT2D eigenvalue weighted by Gasteiger charge is -2.05. The van der Waals surface area contributed by atoms with Crippen LogP contribution in [-0.2, 0) is 4.74 Å². The molecule has 0 radical (unpaired) electrons. The van der Waals surface area contributed by atoms with Crippen LogP contribution in [0.1, 0.15) is 18.2 Å². The van der Waals surface area contributed by atoms with Crippen molar-refractivity contribution in [3.05, 3.63) is 48.5 Å². The van der Waals surface area contributed by atoms with Gasteiger partial charge >= 0.3 is 0 Å². The molecule has 1 aromatic carbocycles. The Bertz CT molecular complexity index is 730. The molecular formula is C15H14N4O2. The Morgan fingerprint density at radius 2 is 2.14 bits per heavy atom. The fraction of sp³-hybridized carbons (Fsp3) is 0.267. The topological polar surface area (TPSA) is 66.0 Å². The summed E-state index contributed by atoms with van der Waals surface area (Å²) in [6.45, 7) is 1.43. The zero-order valence-corrected chi connectivity index (χ0v) is 11.3. The van der Waals surface area contributed by atoms with Crippen molar-refractivity contribution in [3.8, 4) is 17.1 Å². The van der Waals surface area contributed by atoms with Gasteiger partial charge in [-0.2, -0.15) is 10.1 Å². The molecule has 2 aromatic heterocycles. The molecule has 6 nitrogen and oxygen atoms in total. The molecule has 0 bridgehead atoms. The van der Waals surface area contributed by atoms with E-state index in [1.54, 1.807) is 10.9 Å². The summed E-state index contributed by atoms with van der Waals surface area (Å²) in [4.78, 5) is 4.53. The highest BCUT2D eigenvalue weighted by Crippen LogP contribution is 2.28. The third-order valence-corrected chi connectivity index (χ3v) is 3.62. The van der Waals surface area contributed by atoms with Gasteiger partial charge in [0.25, 0.3) is 5.89 Å². The van der Waals surface area contributed by atoms with E-state index in [-0.39, 0.29) is 5.92 Å². The number of benzene rings is 1. The monoisotopic (exact) mass is 282 g/mol. The zero-order chi connectivity index (χ0) is 14.1. The normalized spacial score (nSPS) is 18.2. The molecular weight excluding hydrogens is 268 g/mol. The van der Waals surface area contributed by atoms with E-state index in [0.29, 0.717) is 12.5 Å². The Hall–Kier alpha value is -2.47. The van der Waals surface area contributed by atoms with Gasteiger partial charge in [0.2, 0.25) is 0 Å². The van der Waals surface area contributed by atoms with Gasteiger partial charge in [0.15, 0.2) is 5.82 Å². The minimum absolute atomic E-state index is 0.236. The minimum atomic E-state index is 0.236. The summed E-state index contributed by atoms with van der Waals surface area (Å²) < 4.78 is 12.6. The molecule has 21 heavy (non-hydrogen) atoms. The Kier molecular flexibility index (Phi) is 3.01. The molecule has 1 fully saturated rings. The molecule has 1 aliphatic rings. The maximum Gasteiger partial charge on any atom is 0.260 e. The first kappa shape index (κ1) is 12.3. The van der Waals surface area contributed by atoms with E-state index in [2.05, 4.69) is 15.2 Å². The molecule has 0 aliphatic carbocycles. The van der Waals surface area contributed by atoms with Gasteiger partial charge in [-0.25, -0.2) is 4.68 Å². The molecule has 106 valence electrons. The molecule has 0 amide bonds. The summed E-state index contributed by atoms with van der Waals surface area (Å²) in [6, 6.07) is 9.73. The van der Waals surface area contributed by atoms with Gasteiger partial charge in [-0.15, -0.1) is 0 Å². The molecule has 6 heteroatoms. The predicted molar refractivity (Wildman–Crippen MR) is 75.0 cm³/mol. The summed E-state index contributed by atoms with van der Waals surface area (Å²) in [5.41, 5.74) is 1.79. The molecule has 1 saturated heterocycles. The maximum absolute atomic E-state index is 5.44. The summed E-state index contributed by atoms with van der Waals surface area (Å²) in [5.74, 6) is 1.47. The fourth-order valence-corrected chi connectivity index (χ4v) is 2.51. The van der Waals surface area contributed by atoms with Gasteiger partial charge in [-0.1, -0.05) is 17.3 Å². The van der Waals surface area contributed by atoms with Crippen LogP contribution >= 0.6 is 0 Å². The molecule has 0 spiro atoms. The van der Waals surface area contributed by atoms with Crippen molar-refractivity contribution in [2.24, 2.45) is 0 Å². The van der Waals surface area contributed by atoms with Crippen LogP contribution in [0.25, 0.3) is 17.1 Å². The van der Waals surface area contributed by atoms with Crippen LogP contribution in [0.15, 0.2) is 47.2 Å². The van der Waals surface area contributed by atoms with Gasteiger partial charge in [0.1, 0.15) is 0 Å². The summed E-state index contributed by atoms with van der Waals surface area (Å²) in [6.07, 6.45) is 4.58. The standard InChI is InChI=1S/C15H14N4O2/c1-2-5-13(19-8-3-7-16-19)12(4-1)15-17-14(18-21-15)11-6-9-20-10-11/h1-5,7-8,11H,6,9-10H2/t11-/m0/s1. The van der Waals surface area contributed by atoms with Gasteiger partial charge in [-0.3, -0.25) is 0 Å². The van der Waals surface area contributed by atoms with Gasteiger partial charge < -0.3 is 9.26 Å². The number of ether oxygens (including phenoxy) is 1. The van der Waals surface area contributed by atoms with Crippen molar-refractivity contribution < 1.29 is 9.26 Å². The molecule has 0 N–H and O–H groups in total. The van der Waals surface area contributed by atoms with E-state index in [9.17, 15) is 0 Å². The highest BCUT2D eigenvalue weighted by molar-refractivity contribution is 5.65. The Labute approximate surface area is 121 Å². The van der Waals surface area contributed by atoms with Crippen LogP contribution in [0.5, 0.6) is 0 Å². The van der Waals surface area contributed by atoms with Crippen LogP contribution < -0.4 is 0 Å². The first-order valence-electron chi connectivity index (χ1n) is 6.92. The summed E-state index contributed by atoms with van der Waals surface area (Å²) in [5, 5.41) is 8.36. The second-order valence-electron chi connectivity index (χ2n) is 4.99. The number of para-hydroxylation sites is 1. The van der Waals surface area contributed by atoms with Crippen molar-refractivity contribution >= 4 is 0 Å².